The number of rotatable bonds is 5. The molecule has 3 aromatic rings. The molecular weight excluding hydrogens is 391 g/mol. The van der Waals surface area contributed by atoms with E-state index in [0.29, 0.717) is 0 Å². The summed E-state index contributed by atoms with van der Waals surface area (Å²) >= 11 is 0. The zero-order chi connectivity index (χ0) is 21.2. The van der Waals surface area contributed by atoms with Crippen LogP contribution in [-0.4, -0.2) is 22.0 Å². The van der Waals surface area contributed by atoms with Crippen molar-refractivity contribution in [1.82, 2.24) is 10.1 Å². The molecule has 0 bridgehead atoms. The molecule has 0 aliphatic carbocycles. The van der Waals surface area contributed by atoms with Crippen LogP contribution < -0.4 is 5.73 Å². The first-order valence-corrected chi connectivity index (χ1v) is 8.27. The topological polar surface area (TPSA) is 108 Å². The highest BCUT2D eigenvalue weighted by Crippen LogP contribution is 2.31. The number of primary amides is 1. The van der Waals surface area contributed by atoms with E-state index >= 15 is 0 Å². The van der Waals surface area contributed by atoms with Crippen LogP contribution in [0, 0.1) is 0 Å². The first-order chi connectivity index (χ1) is 13.6. The van der Waals surface area contributed by atoms with Crippen molar-refractivity contribution in [2.24, 2.45) is 5.73 Å². The highest BCUT2D eigenvalue weighted by molar-refractivity contribution is 5.95. The van der Waals surface area contributed by atoms with Gasteiger partial charge in [-0.1, -0.05) is 17.3 Å². The van der Waals surface area contributed by atoms with Gasteiger partial charge in [-0.2, -0.15) is 18.2 Å². The Balaban J connectivity index is 1.73. The summed E-state index contributed by atoms with van der Waals surface area (Å²) in [5.74, 6) is -1.50. The summed E-state index contributed by atoms with van der Waals surface area (Å²) in [4.78, 5) is 27.2. The minimum absolute atomic E-state index is 0.0696. The van der Waals surface area contributed by atoms with Crippen molar-refractivity contribution in [2.45, 2.75) is 19.2 Å². The number of nitrogens with zero attached hydrogens (tertiary/aromatic N) is 2. The number of aromatic nitrogens is 2. The predicted molar refractivity (Wildman–Crippen MR) is 93.5 cm³/mol. The number of hydrogen-bond acceptors (Lipinski definition) is 6. The summed E-state index contributed by atoms with van der Waals surface area (Å²) in [6.45, 7) is 1.47. The lowest BCUT2D eigenvalue weighted by atomic mass is 10.1. The number of nitrogens with two attached hydrogens (primary N) is 1. The van der Waals surface area contributed by atoms with Gasteiger partial charge in [0.15, 0.2) is 6.10 Å². The normalized spacial score (nSPS) is 12.4. The van der Waals surface area contributed by atoms with Crippen LogP contribution in [0.5, 0.6) is 0 Å². The van der Waals surface area contributed by atoms with Crippen molar-refractivity contribution >= 4 is 11.9 Å². The Kier molecular flexibility index (Phi) is 5.35. The Labute approximate surface area is 162 Å². The van der Waals surface area contributed by atoms with Crippen molar-refractivity contribution in [2.75, 3.05) is 0 Å². The second-order valence-electron chi connectivity index (χ2n) is 6.02. The minimum Gasteiger partial charge on any atom is -0.449 e. The lowest BCUT2D eigenvalue weighted by Crippen LogP contribution is -2.12. The van der Waals surface area contributed by atoms with Gasteiger partial charge in [0.25, 0.3) is 5.89 Å². The summed E-state index contributed by atoms with van der Waals surface area (Å²) in [7, 11) is 0. The van der Waals surface area contributed by atoms with E-state index in [1.54, 1.807) is 0 Å². The number of carbonyl (C=O) groups excluding carboxylic acids is 2. The predicted octanol–water partition coefficient (Wildman–Crippen LogP) is 3.77. The maximum atomic E-state index is 12.8. The van der Waals surface area contributed by atoms with Crippen molar-refractivity contribution in [3.05, 3.63) is 71.1 Å². The number of esters is 1. The molecule has 2 N–H and O–H groups in total. The molecule has 0 spiro atoms. The molecule has 1 aromatic heterocycles. The quantitative estimate of drug-likeness (QED) is 0.648. The van der Waals surface area contributed by atoms with Gasteiger partial charge < -0.3 is 15.0 Å². The van der Waals surface area contributed by atoms with Gasteiger partial charge in [-0.3, -0.25) is 4.79 Å². The molecule has 0 radical (unpaired) electrons. The van der Waals surface area contributed by atoms with Gasteiger partial charge in [0.2, 0.25) is 11.7 Å². The molecule has 3 rings (SSSR count). The van der Waals surface area contributed by atoms with Crippen molar-refractivity contribution in [3.8, 4) is 11.4 Å². The van der Waals surface area contributed by atoms with Crippen LogP contribution in [0.4, 0.5) is 13.2 Å². The minimum atomic E-state index is -4.50. The highest BCUT2D eigenvalue weighted by atomic mass is 19.4. The monoisotopic (exact) mass is 405 g/mol. The molecule has 2 aromatic carbocycles. The van der Waals surface area contributed by atoms with Crippen LogP contribution in [0.1, 0.15) is 45.2 Å². The fraction of sp³-hybridized carbons (Fsp3) is 0.158. The fourth-order valence-corrected chi connectivity index (χ4v) is 2.40. The zero-order valence-electron chi connectivity index (χ0n) is 14.9. The SMILES string of the molecule is C[C@@H](OC(=O)c1ccc(C(N)=O)cc1)c1nc(-c2cccc(C(F)(F)F)c2)no1. The summed E-state index contributed by atoms with van der Waals surface area (Å²) in [6, 6.07) is 9.95. The van der Waals surface area contributed by atoms with Crippen LogP contribution in [0.3, 0.4) is 0 Å². The highest BCUT2D eigenvalue weighted by Gasteiger charge is 2.31. The van der Waals surface area contributed by atoms with Gasteiger partial charge in [-0.05, 0) is 43.3 Å². The van der Waals surface area contributed by atoms with Gasteiger partial charge in [0.1, 0.15) is 0 Å². The van der Waals surface area contributed by atoms with E-state index in [1.807, 2.05) is 0 Å². The summed E-state index contributed by atoms with van der Waals surface area (Å²) in [5.41, 5.74) is 4.79. The zero-order valence-corrected chi connectivity index (χ0v) is 14.9. The van der Waals surface area contributed by atoms with Gasteiger partial charge in [-0.15, -0.1) is 0 Å². The van der Waals surface area contributed by atoms with E-state index < -0.39 is 29.7 Å². The molecule has 1 atom stereocenters. The second-order valence-corrected chi connectivity index (χ2v) is 6.02. The molecule has 0 aliphatic rings. The lowest BCUT2D eigenvalue weighted by molar-refractivity contribution is -0.137. The molecular formula is C19H14F3N3O4. The third kappa shape index (κ3) is 4.60. The molecule has 0 fully saturated rings. The van der Waals surface area contributed by atoms with Crippen LogP contribution in [0.25, 0.3) is 11.4 Å². The third-order valence-electron chi connectivity index (χ3n) is 3.93. The van der Waals surface area contributed by atoms with Crippen LogP contribution >= 0.6 is 0 Å². The number of halogens is 3. The molecule has 7 nitrogen and oxygen atoms in total. The maximum Gasteiger partial charge on any atom is 0.416 e. The molecule has 1 amide bonds. The molecule has 1 heterocycles. The molecule has 0 saturated heterocycles. The third-order valence-corrected chi connectivity index (χ3v) is 3.93. The van der Waals surface area contributed by atoms with Gasteiger partial charge in [0, 0.05) is 11.1 Å². The number of carbonyl (C=O) groups is 2. The van der Waals surface area contributed by atoms with Crippen LogP contribution in [-0.2, 0) is 10.9 Å². The average molecular weight is 405 g/mol. The van der Waals surface area contributed by atoms with E-state index in [9.17, 15) is 22.8 Å². The smallest absolute Gasteiger partial charge is 0.416 e. The number of alkyl halides is 3. The number of ether oxygens (including phenoxy) is 1. The molecule has 0 saturated carbocycles. The van der Waals surface area contributed by atoms with E-state index in [-0.39, 0.29) is 28.4 Å². The standard InChI is InChI=1S/C19H14F3N3O4/c1-10(28-18(27)12-7-5-11(6-8-12)15(23)26)17-24-16(25-29-17)13-3-2-4-14(9-13)19(20,21)22/h2-10H,1H3,(H2,23,26)/t10-/m1/s1. The van der Waals surface area contributed by atoms with E-state index in [0.717, 1.165) is 12.1 Å². The molecule has 0 unspecified atom stereocenters. The first kappa shape index (κ1) is 20.1. The summed E-state index contributed by atoms with van der Waals surface area (Å²) in [5, 5.41) is 3.65. The first-order valence-electron chi connectivity index (χ1n) is 8.27. The van der Waals surface area contributed by atoms with Crippen molar-refractivity contribution in [3.63, 3.8) is 0 Å². The molecule has 0 aliphatic heterocycles. The van der Waals surface area contributed by atoms with Gasteiger partial charge in [-0.25, -0.2) is 4.79 Å². The Morgan fingerprint density at radius 3 is 2.38 bits per heavy atom. The maximum absolute atomic E-state index is 12.8. The Morgan fingerprint density at radius 2 is 1.76 bits per heavy atom. The molecule has 29 heavy (non-hydrogen) atoms. The molecule has 150 valence electrons. The van der Waals surface area contributed by atoms with Crippen LogP contribution in [0.15, 0.2) is 53.1 Å². The number of benzene rings is 2. The number of amides is 1. The van der Waals surface area contributed by atoms with Gasteiger partial charge >= 0.3 is 12.1 Å². The van der Waals surface area contributed by atoms with Crippen molar-refractivity contribution in [1.29, 1.82) is 0 Å². The fourth-order valence-electron chi connectivity index (χ4n) is 2.40. The Hall–Kier alpha value is -3.69. The molecule has 10 heteroatoms. The van der Waals surface area contributed by atoms with E-state index in [2.05, 4.69) is 10.1 Å². The van der Waals surface area contributed by atoms with Crippen molar-refractivity contribution < 1.29 is 32.0 Å². The van der Waals surface area contributed by atoms with E-state index in [4.69, 9.17) is 15.0 Å². The van der Waals surface area contributed by atoms with E-state index in [1.165, 1.54) is 43.3 Å². The Morgan fingerprint density at radius 1 is 1.10 bits per heavy atom. The van der Waals surface area contributed by atoms with Crippen LogP contribution in [0.2, 0.25) is 0 Å². The second kappa shape index (κ2) is 7.74. The van der Waals surface area contributed by atoms with Gasteiger partial charge in [0.05, 0.1) is 11.1 Å². The number of hydrogen-bond donors (Lipinski definition) is 1. The average Bonchev–Trinajstić information content (AvgIpc) is 3.18. The Bertz CT molecular complexity index is 1050. The lowest BCUT2D eigenvalue weighted by Gasteiger charge is -2.09. The summed E-state index contributed by atoms with van der Waals surface area (Å²) < 4.78 is 48.8. The largest absolute Gasteiger partial charge is 0.449 e. The summed E-state index contributed by atoms with van der Waals surface area (Å²) in [6.07, 6.45) is -5.46.